The van der Waals surface area contributed by atoms with E-state index in [-0.39, 0.29) is 0 Å². The SMILES string of the molecule is CCC(C)CNC1CCc2ccccc21. The van der Waals surface area contributed by atoms with Crippen molar-refractivity contribution in [3.63, 3.8) is 0 Å². The van der Waals surface area contributed by atoms with E-state index in [0.717, 1.165) is 12.5 Å². The molecule has 0 aromatic heterocycles. The third kappa shape index (κ3) is 2.40. The molecular formula is C14H21N. The van der Waals surface area contributed by atoms with E-state index in [4.69, 9.17) is 0 Å². The molecule has 0 amide bonds. The van der Waals surface area contributed by atoms with Crippen LogP contribution in [0.3, 0.4) is 0 Å². The lowest BCUT2D eigenvalue weighted by Crippen LogP contribution is -2.24. The van der Waals surface area contributed by atoms with E-state index in [0.29, 0.717) is 6.04 Å². The van der Waals surface area contributed by atoms with E-state index >= 15 is 0 Å². The summed E-state index contributed by atoms with van der Waals surface area (Å²) in [6.45, 7) is 5.72. The molecule has 1 N–H and O–H groups in total. The highest BCUT2D eigenvalue weighted by atomic mass is 14.9. The number of aryl methyl sites for hydroxylation is 1. The summed E-state index contributed by atoms with van der Waals surface area (Å²) in [6.07, 6.45) is 3.78. The largest absolute Gasteiger partial charge is 0.310 e. The average Bonchev–Trinajstić information content (AvgIpc) is 2.69. The first-order valence-corrected chi connectivity index (χ1v) is 6.12. The van der Waals surface area contributed by atoms with Gasteiger partial charge in [0.15, 0.2) is 0 Å². The summed E-state index contributed by atoms with van der Waals surface area (Å²) in [5.74, 6) is 0.790. The van der Waals surface area contributed by atoms with Crippen molar-refractivity contribution in [3.05, 3.63) is 35.4 Å². The topological polar surface area (TPSA) is 12.0 Å². The summed E-state index contributed by atoms with van der Waals surface area (Å²) in [6, 6.07) is 9.45. The molecule has 1 nitrogen and oxygen atoms in total. The molecule has 0 spiro atoms. The summed E-state index contributed by atoms with van der Waals surface area (Å²) in [7, 11) is 0. The van der Waals surface area contributed by atoms with Crippen LogP contribution in [-0.4, -0.2) is 6.54 Å². The summed E-state index contributed by atoms with van der Waals surface area (Å²) in [4.78, 5) is 0. The molecule has 0 fully saturated rings. The fourth-order valence-electron chi connectivity index (χ4n) is 2.26. The lowest BCUT2D eigenvalue weighted by molar-refractivity contribution is 0.443. The maximum atomic E-state index is 3.69. The highest BCUT2D eigenvalue weighted by Gasteiger charge is 2.21. The van der Waals surface area contributed by atoms with Gasteiger partial charge in [0.25, 0.3) is 0 Å². The second-order valence-corrected chi connectivity index (χ2v) is 4.71. The Morgan fingerprint density at radius 1 is 1.40 bits per heavy atom. The monoisotopic (exact) mass is 203 g/mol. The maximum Gasteiger partial charge on any atom is 0.0326 e. The predicted molar refractivity (Wildman–Crippen MR) is 65.0 cm³/mol. The number of hydrogen-bond acceptors (Lipinski definition) is 1. The minimum Gasteiger partial charge on any atom is -0.310 e. The molecule has 1 aromatic carbocycles. The normalized spacial score (nSPS) is 21.3. The van der Waals surface area contributed by atoms with E-state index in [9.17, 15) is 0 Å². The van der Waals surface area contributed by atoms with Crippen LogP contribution in [0.4, 0.5) is 0 Å². The van der Waals surface area contributed by atoms with Gasteiger partial charge < -0.3 is 5.32 Å². The first-order chi connectivity index (χ1) is 7.31. The van der Waals surface area contributed by atoms with Gasteiger partial charge >= 0.3 is 0 Å². The number of fused-ring (bicyclic) bond motifs is 1. The van der Waals surface area contributed by atoms with Crippen LogP contribution in [0.5, 0.6) is 0 Å². The lowest BCUT2D eigenvalue weighted by atomic mass is 10.1. The minimum absolute atomic E-state index is 0.607. The summed E-state index contributed by atoms with van der Waals surface area (Å²) in [5.41, 5.74) is 3.07. The number of benzene rings is 1. The molecule has 2 unspecified atom stereocenters. The van der Waals surface area contributed by atoms with Crippen molar-refractivity contribution >= 4 is 0 Å². The van der Waals surface area contributed by atoms with Crippen molar-refractivity contribution in [2.75, 3.05) is 6.54 Å². The quantitative estimate of drug-likeness (QED) is 0.791. The van der Waals surface area contributed by atoms with E-state index in [1.807, 2.05) is 0 Å². The summed E-state index contributed by atoms with van der Waals surface area (Å²) >= 11 is 0. The fraction of sp³-hybridized carbons (Fsp3) is 0.571. The Hall–Kier alpha value is -0.820. The van der Waals surface area contributed by atoms with Crippen molar-refractivity contribution in [1.29, 1.82) is 0 Å². The molecule has 1 aliphatic rings. The van der Waals surface area contributed by atoms with Crippen LogP contribution >= 0.6 is 0 Å². The maximum absolute atomic E-state index is 3.69. The van der Waals surface area contributed by atoms with Crippen LogP contribution in [0.15, 0.2) is 24.3 Å². The van der Waals surface area contributed by atoms with Crippen LogP contribution in [0.25, 0.3) is 0 Å². The van der Waals surface area contributed by atoms with Crippen molar-refractivity contribution < 1.29 is 0 Å². The zero-order valence-electron chi connectivity index (χ0n) is 9.79. The number of nitrogens with one attached hydrogen (secondary N) is 1. The molecule has 0 heterocycles. The Bertz CT molecular complexity index is 319. The Balaban J connectivity index is 1.96. The lowest BCUT2D eigenvalue weighted by Gasteiger charge is -2.16. The average molecular weight is 203 g/mol. The molecule has 0 saturated heterocycles. The highest BCUT2D eigenvalue weighted by Crippen LogP contribution is 2.30. The van der Waals surface area contributed by atoms with Crippen molar-refractivity contribution in [2.45, 2.75) is 39.2 Å². The third-order valence-corrected chi connectivity index (χ3v) is 3.54. The molecule has 0 radical (unpaired) electrons. The second kappa shape index (κ2) is 4.80. The van der Waals surface area contributed by atoms with Gasteiger partial charge in [0.2, 0.25) is 0 Å². The van der Waals surface area contributed by atoms with Gasteiger partial charge in [-0.1, -0.05) is 44.5 Å². The zero-order chi connectivity index (χ0) is 10.7. The van der Waals surface area contributed by atoms with Gasteiger partial charge in [-0.2, -0.15) is 0 Å². The first kappa shape index (κ1) is 10.7. The molecule has 1 aromatic rings. The van der Waals surface area contributed by atoms with Crippen molar-refractivity contribution in [1.82, 2.24) is 5.32 Å². The second-order valence-electron chi connectivity index (χ2n) is 4.71. The van der Waals surface area contributed by atoms with E-state index in [1.54, 1.807) is 5.56 Å². The molecule has 2 atom stereocenters. The van der Waals surface area contributed by atoms with Gasteiger partial charge in [0, 0.05) is 6.04 Å². The number of rotatable bonds is 4. The molecule has 82 valence electrons. The van der Waals surface area contributed by atoms with Crippen LogP contribution in [-0.2, 0) is 6.42 Å². The smallest absolute Gasteiger partial charge is 0.0326 e. The molecule has 0 aliphatic heterocycles. The summed E-state index contributed by atoms with van der Waals surface area (Å²) < 4.78 is 0. The Morgan fingerprint density at radius 2 is 2.20 bits per heavy atom. The highest BCUT2D eigenvalue weighted by molar-refractivity contribution is 5.34. The van der Waals surface area contributed by atoms with Gasteiger partial charge in [-0.05, 0) is 36.4 Å². The zero-order valence-corrected chi connectivity index (χ0v) is 9.79. The molecule has 0 bridgehead atoms. The van der Waals surface area contributed by atoms with Crippen LogP contribution < -0.4 is 5.32 Å². The standard InChI is InChI=1S/C14H21N/c1-3-11(2)10-15-14-9-8-12-6-4-5-7-13(12)14/h4-7,11,14-15H,3,8-10H2,1-2H3. The predicted octanol–water partition coefficient (Wildman–Crippen LogP) is 3.31. The Labute approximate surface area is 92.9 Å². The van der Waals surface area contributed by atoms with Gasteiger partial charge in [0.05, 0.1) is 0 Å². The Kier molecular flexibility index (Phi) is 3.42. The molecule has 15 heavy (non-hydrogen) atoms. The third-order valence-electron chi connectivity index (χ3n) is 3.54. The fourth-order valence-corrected chi connectivity index (χ4v) is 2.26. The van der Waals surface area contributed by atoms with Crippen LogP contribution in [0.2, 0.25) is 0 Å². The molecule has 2 rings (SSSR count). The Morgan fingerprint density at radius 3 is 3.00 bits per heavy atom. The van der Waals surface area contributed by atoms with E-state index in [2.05, 4.69) is 43.4 Å². The number of hydrogen-bond donors (Lipinski definition) is 1. The van der Waals surface area contributed by atoms with Crippen LogP contribution in [0, 0.1) is 5.92 Å². The van der Waals surface area contributed by atoms with Gasteiger partial charge in [-0.15, -0.1) is 0 Å². The van der Waals surface area contributed by atoms with E-state index in [1.165, 1.54) is 24.8 Å². The van der Waals surface area contributed by atoms with Gasteiger partial charge in [-0.3, -0.25) is 0 Å². The minimum atomic E-state index is 0.607. The molecule has 1 aliphatic carbocycles. The van der Waals surface area contributed by atoms with Crippen LogP contribution in [0.1, 0.15) is 43.9 Å². The first-order valence-electron chi connectivity index (χ1n) is 6.12. The van der Waals surface area contributed by atoms with Crippen molar-refractivity contribution in [2.24, 2.45) is 5.92 Å². The van der Waals surface area contributed by atoms with Gasteiger partial charge in [-0.25, -0.2) is 0 Å². The molecule has 1 heteroatoms. The molecule has 0 saturated carbocycles. The van der Waals surface area contributed by atoms with Gasteiger partial charge in [0.1, 0.15) is 0 Å². The van der Waals surface area contributed by atoms with E-state index < -0.39 is 0 Å². The van der Waals surface area contributed by atoms with Crippen molar-refractivity contribution in [3.8, 4) is 0 Å². The summed E-state index contributed by atoms with van der Waals surface area (Å²) in [5, 5.41) is 3.69. The molecular weight excluding hydrogens is 182 g/mol.